The van der Waals surface area contributed by atoms with Crippen LogP contribution in [0.2, 0.25) is 0 Å². The van der Waals surface area contributed by atoms with Gasteiger partial charge in [0.15, 0.2) is 0 Å². The van der Waals surface area contributed by atoms with E-state index in [-0.39, 0.29) is 6.04 Å². The molecule has 0 bridgehead atoms. The van der Waals surface area contributed by atoms with Crippen LogP contribution < -0.4 is 10.6 Å². The molecule has 0 spiro atoms. The van der Waals surface area contributed by atoms with Crippen molar-refractivity contribution >= 4 is 18.0 Å². The van der Waals surface area contributed by atoms with Crippen LogP contribution in [-0.2, 0) is 9.59 Å². The van der Waals surface area contributed by atoms with Gasteiger partial charge in [-0.1, -0.05) is 19.8 Å². The van der Waals surface area contributed by atoms with E-state index in [1.54, 1.807) is 0 Å². The molecule has 1 saturated carbocycles. The topological polar surface area (TPSA) is 116 Å². The average molecular weight is 272 g/mol. The monoisotopic (exact) mass is 272 g/mol. The van der Waals surface area contributed by atoms with Crippen LogP contribution in [0.25, 0.3) is 0 Å². The lowest BCUT2D eigenvalue weighted by Gasteiger charge is -2.29. The Morgan fingerprint density at radius 2 is 1.84 bits per heavy atom. The normalized spacial score (nSPS) is 24.3. The lowest BCUT2D eigenvalue weighted by Crippen LogP contribution is -2.51. The van der Waals surface area contributed by atoms with Crippen molar-refractivity contribution in [2.45, 2.75) is 51.1 Å². The number of carboxylic acid groups (broad SMARTS) is 2. The molecule has 0 aliphatic heterocycles. The lowest BCUT2D eigenvalue weighted by molar-refractivity contribution is -0.145. The Bertz CT molecular complexity index is 358. The molecular formula is C12H20N2O5. The number of nitrogens with one attached hydrogen (secondary N) is 2. The molecule has 19 heavy (non-hydrogen) atoms. The molecule has 1 aliphatic rings. The van der Waals surface area contributed by atoms with E-state index in [1.165, 1.54) is 0 Å². The standard InChI is InChI=1S/C12H20N2O5/c1-7-4-2-3-5-8(7)13-12(19)14-9(11(17)18)6-10(15)16/h7-9H,2-6H2,1H3,(H,15,16)(H,17,18)(H2,13,14,19)/t7?,8?,9-/m1/s1. The van der Waals surface area contributed by atoms with Gasteiger partial charge in [-0.3, -0.25) is 4.79 Å². The van der Waals surface area contributed by atoms with Crippen LogP contribution >= 0.6 is 0 Å². The molecule has 1 rings (SSSR count). The van der Waals surface area contributed by atoms with Gasteiger partial charge in [0.1, 0.15) is 6.04 Å². The van der Waals surface area contributed by atoms with Gasteiger partial charge in [0.05, 0.1) is 6.42 Å². The van der Waals surface area contributed by atoms with E-state index in [1.807, 2.05) is 6.92 Å². The largest absolute Gasteiger partial charge is 0.481 e. The minimum Gasteiger partial charge on any atom is -0.481 e. The zero-order chi connectivity index (χ0) is 14.4. The molecule has 1 fully saturated rings. The van der Waals surface area contributed by atoms with Crippen LogP contribution in [0.15, 0.2) is 0 Å². The smallest absolute Gasteiger partial charge is 0.326 e. The highest BCUT2D eigenvalue weighted by molar-refractivity contribution is 5.86. The van der Waals surface area contributed by atoms with E-state index < -0.39 is 30.4 Å². The summed E-state index contributed by atoms with van der Waals surface area (Å²) in [6, 6.07) is -2.00. The van der Waals surface area contributed by atoms with Crippen molar-refractivity contribution in [1.82, 2.24) is 10.6 Å². The van der Waals surface area contributed by atoms with Crippen LogP contribution in [0.3, 0.4) is 0 Å². The van der Waals surface area contributed by atoms with E-state index in [4.69, 9.17) is 10.2 Å². The molecule has 1 aliphatic carbocycles. The van der Waals surface area contributed by atoms with E-state index in [0.717, 1.165) is 25.7 Å². The van der Waals surface area contributed by atoms with Crippen molar-refractivity contribution < 1.29 is 24.6 Å². The molecule has 3 atom stereocenters. The highest BCUT2D eigenvalue weighted by atomic mass is 16.4. The van der Waals surface area contributed by atoms with E-state index >= 15 is 0 Å². The van der Waals surface area contributed by atoms with Crippen molar-refractivity contribution in [3.63, 3.8) is 0 Å². The number of aliphatic carboxylic acids is 2. The molecule has 0 aromatic rings. The molecule has 7 heteroatoms. The van der Waals surface area contributed by atoms with Gasteiger partial charge in [-0.05, 0) is 18.8 Å². The van der Waals surface area contributed by atoms with Crippen molar-refractivity contribution in [3.05, 3.63) is 0 Å². The van der Waals surface area contributed by atoms with Crippen molar-refractivity contribution in [1.29, 1.82) is 0 Å². The second-order valence-electron chi connectivity index (χ2n) is 4.97. The third-order valence-corrected chi connectivity index (χ3v) is 3.41. The SMILES string of the molecule is CC1CCCCC1NC(=O)N[C@H](CC(=O)O)C(=O)O. The van der Waals surface area contributed by atoms with Crippen LogP contribution in [0, 0.1) is 5.92 Å². The molecule has 0 saturated heterocycles. The first-order valence-electron chi connectivity index (χ1n) is 6.41. The summed E-state index contributed by atoms with van der Waals surface area (Å²) in [4.78, 5) is 33.0. The van der Waals surface area contributed by atoms with Crippen LogP contribution in [0.4, 0.5) is 4.79 Å². The van der Waals surface area contributed by atoms with Gasteiger partial charge in [0, 0.05) is 6.04 Å². The van der Waals surface area contributed by atoms with Crippen molar-refractivity contribution in [2.75, 3.05) is 0 Å². The highest BCUT2D eigenvalue weighted by Gasteiger charge is 2.26. The van der Waals surface area contributed by atoms with E-state index in [9.17, 15) is 14.4 Å². The summed E-state index contributed by atoms with van der Waals surface area (Å²) in [5, 5.41) is 22.3. The summed E-state index contributed by atoms with van der Waals surface area (Å²) in [6.45, 7) is 2.04. The fourth-order valence-electron chi connectivity index (χ4n) is 2.27. The summed E-state index contributed by atoms with van der Waals surface area (Å²) in [5.74, 6) is -2.27. The van der Waals surface area contributed by atoms with E-state index in [2.05, 4.69) is 10.6 Å². The molecular weight excluding hydrogens is 252 g/mol. The van der Waals surface area contributed by atoms with Crippen molar-refractivity contribution in [3.8, 4) is 0 Å². The first kappa shape index (κ1) is 15.3. The summed E-state index contributed by atoms with van der Waals surface area (Å²) in [6.07, 6.45) is 3.43. The summed E-state index contributed by atoms with van der Waals surface area (Å²) >= 11 is 0. The predicted molar refractivity (Wildman–Crippen MR) is 66.8 cm³/mol. The highest BCUT2D eigenvalue weighted by Crippen LogP contribution is 2.23. The lowest BCUT2D eigenvalue weighted by atomic mass is 9.86. The maximum absolute atomic E-state index is 11.7. The zero-order valence-electron chi connectivity index (χ0n) is 10.9. The molecule has 0 aromatic carbocycles. The Morgan fingerprint density at radius 1 is 1.21 bits per heavy atom. The quantitative estimate of drug-likeness (QED) is 0.590. The number of hydrogen-bond acceptors (Lipinski definition) is 3. The third-order valence-electron chi connectivity index (χ3n) is 3.41. The Balaban J connectivity index is 2.47. The predicted octanol–water partition coefficient (Wildman–Crippen LogP) is 0.792. The van der Waals surface area contributed by atoms with Gasteiger partial charge in [-0.25, -0.2) is 9.59 Å². The first-order valence-corrected chi connectivity index (χ1v) is 6.41. The van der Waals surface area contributed by atoms with Gasteiger partial charge in [0.2, 0.25) is 0 Å². The molecule has 2 unspecified atom stereocenters. The number of rotatable bonds is 5. The van der Waals surface area contributed by atoms with Gasteiger partial charge >= 0.3 is 18.0 Å². The van der Waals surface area contributed by atoms with Crippen LogP contribution in [0.1, 0.15) is 39.0 Å². The molecule has 108 valence electrons. The first-order chi connectivity index (χ1) is 8.90. The number of carboxylic acids is 2. The fraction of sp³-hybridized carbons (Fsp3) is 0.750. The minimum atomic E-state index is -1.41. The molecule has 4 N–H and O–H groups in total. The molecule has 0 radical (unpaired) electrons. The average Bonchev–Trinajstić information content (AvgIpc) is 2.30. The maximum atomic E-state index is 11.7. The zero-order valence-corrected chi connectivity index (χ0v) is 10.9. The van der Waals surface area contributed by atoms with Gasteiger partial charge in [-0.15, -0.1) is 0 Å². The summed E-state index contributed by atoms with van der Waals surface area (Å²) in [5.41, 5.74) is 0. The fourth-order valence-corrected chi connectivity index (χ4v) is 2.27. The third kappa shape index (κ3) is 5.15. The van der Waals surface area contributed by atoms with Crippen molar-refractivity contribution in [2.24, 2.45) is 5.92 Å². The number of amides is 2. The van der Waals surface area contributed by atoms with Gasteiger partial charge in [0.25, 0.3) is 0 Å². The number of carbonyl (C=O) groups excluding carboxylic acids is 1. The molecule has 0 heterocycles. The Labute approximate surface area is 111 Å². The Morgan fingerprint density at radius 3 is 2.37 bits per heavy atom. The Hall–Kier alpha value is -1.79. The van der Waals surface area contributed by atoms with Gasteiger partial charge < -0.3 is 20.8 Å². The summed E-state index contributed by atoms with van der Waals surface area (Å²) < 4.78 is 0. The maximum Gasteiger partial charge on any atom is 0.326 e. The summed E-state index contributed by atoms with van der Waals surface area (Å²) in [7, 11) is 0. The second-order valence-corrected chi connectivity index (χ2v) is 4.97. The number of carbonyl (C=O) groups is 3. The molecule has 7 nitrogen and oxygen atoms in total. The van der Waals surface area contributed by atoms with Crippen LogP contribution in [-0.4, -0.2) is 40.3 Å². The number of hydrogen-bond donors (Lipinski definition) is 4. The van der Waals surface area contributed by atoms with Crippen LogP contribution in [0.5, 0.6) is 0 Å². The Kier molecular flexibility index (Phi) is 5.59. The number of urea groups is 1. The van der Waals surface area contributed by atoms with E-state index in [0.29, 0.717) is 5.92 Å². The van der Waals surface area contributed by atoms with Gasteiger partial charge in [-0.2, -0.15) is 0 Å². The second kappa shape index (κ2) is 6.96. The minimum absolute atomic E-state index is 0.0213. The molecule has 0 aromatic heterocycles. The molecule has 2 amide bonds.